The third-order valence-corrected chi connectivity index (χ3v) is 5.88. The number of nitro groups is 1. The first-order chi connectivity index (χ1) is 11.0. The van der Waals surface area contributed by atoms with E-state index in [9.17, 15) is 10.1 Å². The van der Waals surface area contributed by atoms with Gasteiger partial charge in [0, 0.05) is 37.2 Å². The van der Waals surface area contributed by atoms with Crippen molar-refractivity contribution in [3.05, 3.63) is 25.1 Å². The van der Waals surface area contributed by atoms with Crippen molar-refractivity contribution < 1.29 is 4.92 Å². The van der Waals surface area contributed by atoms with Crippen LogP contribution in [0.25, 0.3) is 11.0 Å². The first kappa shape index (κ1) is 19.4. The average molecular weight is 484 g/mol. The second-order valence-corrected chi connectivity index (χ2v) is 7.09. The predicted molar refractivity (Wildman–Crippen MR) is 104 cm³/mol. The molecular formula is C14H18Br2ClN5O2. The molecule has 1 saturated heterocycles. The van der Waals surface area contributed by atoms with Crippen LogP contribution in [0.5, 0.6) is 0 Å². The molecule has 1 aromatic carbocycles. The standard InChI is InChI=1S/C14H17Br2N5O2.ClH/c1-2-5-20-10-8-9(15)11(16)13(21(22)23)12(10)18-14(20)19-6-3-17-4-7-19;/h8,17H,2-7H2,1H3;1H. The van der Waals surface area contributed by atoms with Crippen LogP contribution in [-0.2, 0) is 6.54 Å². The van der Waals surface area contributed by atoms with Crippen molar-refractivity contribution in [3.63, 3.8) is 0 Å². The first-order valence-electron chi connectivity index (χ1n) is 7.53. The van der Waals surface area contributed by atoms with Crippen LogP contribution in [0.2, 0.25) is 0 Å². The molecule has 0 aliphatic carbocycles. The van der Waals surface area contributed by atoms with E-state index in [1.165, 1.54) is 0 Å². The van der Waals surface area contributed by atoms with E-state index in [-0.39, 0.29) is 23.0 Å². The second kappa shape index (κ2) is 7.99. The van der Waals surface area contributed by atoms with Gasteiger partial charge >= 0.3 is 5.69 Å². The van der Waals surface area contributed by atoms with E-state index in [0.717, 1.165) is 50.6 Å². The molecule has 1 aliphatic rings. The lowest BCUT2D eigenvalue weighted by Gasteiger charge is -2.28. The molecule has 0 spiro atoms. The molecule has 1 aliphatic heterocycles. The number of halogens is 3. The Balaban J connectivity index is 0.00000208. The van der Waals surface area contributed by atoms with Crippen molar-refractivity contribution in [2.75, 3.05) is 31.1 Å². The molecule has 0 bridgehead atoms. The highest BCUT2D eigenvalue weighted by Crippen LogP contribution is 2.40. The number of anilines is 1. The Kier molecular flexibility index (Phi) is 6.46. The molecule has 132 valence electrons. The van der Waals surface area contributed by atoms with Crippen LogP contribution in [0, 0.1) is 10.1 Å². The SMILES string of the molecule is CCCn1c(N2CCNCC2)nc2c([N+](=O)[O-])c(Br)c(Br)cc21.Cl. The molecule has 2 heterocycles. The lowest BCUT2D eigenvalue weighted by molar-refractivity contribution is -0.384. The number of benzene rings is 1. The monoisotopic (exact) mass is 481 g/mol. The van der Waals surface area contributed by atoms with Crippen molar-refractivity contribution in [2.45, 2.75) is 19.9 Å². The van der Waals surface area contributed by atoms with E-state index >= 15 is 0 Å². The van der Waals surface area contributed by atoms with Gasteiger partial charge in [0.15, 0.2) is 5.52 Å². The fourth-order valence-corrected chi connectivity index (χ4v) is 3.74. The van der Waals surface area contributed by atoms with Gasteiger partial charge in [0.2, 0.25) is 5.95 Å². The highest BCUT2D eigenvalue weighted by molar-refractivity contribution is 9.13. The van der Waals surface area contributed by atoms with E-state index in [4.69, 9.17) is 0 Å². The van der Waals surface area contributed by atoms with Gasteiger partial charge < -0.3 is 14.8 Å². The highest BCUT2D eigenvalue weighted by atomic mass is 79.9. The maximum Gasteiger partial charge on any atom is 0.312 e. The van der Waals surface area contributed by atoms with Crippen LogP contribution in [0.1, 0.15) is 13.3 Å². The Hall–Kier alpha value is -0.900. The van der Waals surface area contributed by atoms with Crippen molar-refractivity contribution >= 4 is 66.9 Å². The minimum Gasteiger partial charge on any atom is -0.340 e. The molecule has 0 amide bonds. The number of rotatable bonds is 4. The molecule has 0 radical (unpaired) electrons. The molecule has 24 heavy (non-hydrogen) atoms. The maximum atomic E-state index is 11.5. The number of hydrogen-bond donors (Lipinski definition) is 1. The molecule has 10 heteroatoms. The number of hydrogen-bond acceptors (Lipinski definition) is 5. The van der Waals surface area contributed by atoms with E-state index in [2.05, 4.69) is 58.6 Å². The van der Waals surface area contributed by atoms with E-state index < -0.39 is 0 Å². The van der Waals surface area contributed by atoms with Crippen molar-refractivity contribution in [1.29, 1.82) is 0 Å². The summed E-state index contributed by atoms with van der Waals surface area (Å²) >= 11 is 6.72. The van der Waals surface area contributed by atoms with Gasteiger partial charge in [-0.05, 0) is 44.3 Å². The summed E-state index contributed by atoms with van der Waals surface area (Å²) in [7, 11) is 0. The quantitative estimate of drug-likeness (QED) is 0.530. The van der Waals surface area contributed by atoms with Gasteiger partial charge in [0.25, 0.3) is 0 Å². The molecule has 1 aromatic heterocycles. The molecule has 7 nitrogen and oxygen atoms in total. The Morgan fingerprint density at radius 2 is 2.04 bits per heavy atom. The number of nitro benzene ring substituents is 1. The van der Waals surface area contributed by atoms with Gasteiger partial charge in [0.1, 0.15) is 4.47 Å². The van der Waals surface area contributed by atoms with E-state index in [0.29, 0.717) is 14.5 Å². The fourth-order valence-electron chi connectivity index (χ4n) is 2.89. The number of piperazine rings is 1. The molecule has 1 fully saturated rings. The zero-order valence-electron chi connectivity index (χ0n) is 13.1. The van der Waals surface area contributed by atoms with Gasteiger partial charge in [-0.3, -0.25) is 10.1 Å². The molecular weight excluding hydrogens is 465 g/mol. The number of nitrogens with zero attached hydrogens (tertiary/aromatic N) is 4. The molecule has 2 aromatic rings. The van der Waals surface area contributed by atoms with Gasteiger partial charge in [-0.1, -0.05) is 6.92 Å². The number of nitrogens with one attached hydrogen (secondary N) is 1. The predicted octanol–water partition coefficient (Wildman–Crippen LogP) is 3.71. The molecule has 0 saturated carbocycles. The summed E-state index contributed by atoms with van der Waals surface area (Å²) in [4.78, 5) is 18.0. The van der Waals surface area contributed by atoms with Gasteiger partial charge in [-0.2, -0.15) is 0 Å². The summed E-state index contributed by atoms with van der Waals surface area (Å²) in [5, 5.41) is 14.8. The van der Waals surface area contributed by atoms with E-state index in [1.54, 1.807) is 0 Å². The largest absolute Gasteiger partial charge is 0.340 e. The fraction of sp³-hybridized carbons (Fsp3) is 0.500. The summed E-state index contributed by atoms with van der Waals surface area (Å²) in [6.45, 7) is 6.36. The first-order valence-corrected chi connectivity index (χ1v) is 9.11. The van der Waals surface area contributed by atoms with E-state index in [1.807, 2.05) is 6.07 Å². The van der Waals surface area contributed by atoms with Crippen LogP contribution in [-0.4, -0.2) is 40.7 Å². The lowest BCUT2D eigenvalue weighted by Crippen LogP contribution is -2.44. The lowest BCUT2D eigenvalue weighted by atomic mass is 10.2. The summed E-state index contributed by atoms with van der Waals surface area (Å²) in [6, 6.07) is 1.90. The van der Waals surface area contributed by atoms with Gasteiger partial charge in [0.05, 0.1) is 10.4 Å². The Bertz CT molecular complexity index is 761. The number of imidazole rings is 1. The van der Waals surface area contributed by atoms with Gasteiger partial charge in [-0.15, -0.1) is 12.4 Å². The second-order valence-electron chi connectivity index (χ2n) is 5.45. The highest BCUT2D eigenvalue weighted by Gasteiger charge is 2.27. The van der Waals surface area contributed by atoms with Gasteiger partial charge in [-0.25, -0.2) is 4.98 Å². The van der Waals surface area contributed by atoms with Crippen LogP contribution >= 0.6 is 44.3 Å². The number of fused-ring (bicyclic) bond motifs is 1. The van der Waals surface area contributed by atoms with Crippen LogP contribution in [0.15, 0.2) is 15.0 Å². The molecule has 0 unspecified atom stereocenters. The number of aryl methyl sites for hydroxylation is 1. The minimum absolute atomic E-state index is 0. The topological polar surface area (TPSA) is 76.2 Å². The van der Waals surface area contributed by atoms with Crippen molar-refractivity contribution in [3.8, 4) is 0 Å². The summed E-state index contributed by atoms with van der Waals surface area (Å²) in [5.41, 5.74) is 1.25. The Morgan fingerprint density at radius 1 is 1.38 bits per heavy atom. The number of aromatic nitrogens is 2. The molecule has 0 atom stereocenters. The Morgan fingerprint density at radius 3 is 2.62 bits per heavy atom. The Labute approximate surface area is 162 Å². The third kappa shape index (κ3) is 3.40. The summed E-state index contributed by atoms with van der Waals surface area (Å²) < 4.78 is 3.19. The maximum absolute atomic E-state index is 11.5. The normalized spacial score (nSPS) is 14.7. The van der Waals surface area contributed by atoms with Crippen molar-refractivity contribution in [1.82, 2.24) is 14.9 Å². The molecule has 3 rings (SSSR count). The van der Waals surface area contributed by atoms with Crippen molar-refractivity contribution in [2.24, 2.45) is 0 Å². The summed E-state index contributed by atoms with van der Waals surface area (Å²) in [6.07, 6.45) is 0.937. The smallest absolute Gasteiger partial charge is 0.312 e. The third-order valence-electron chi connectivity index (χ3n) is 3.92. The zero-order chi connectivity index (χ0) is 16.6. The average Bonchev–Trinajstić information content (AvgIpc) is 2.87. The van der Waals surface area contributed by atoms with Crippen LogP contribution in [0.3, 0.4) is 0 Å². The minimum atomic E-state index is -0.373. The molecule has 1 N–H and O–H groups in total. The summed E-state index contributed by atoms with van der Waals surface area (Å²) in [5.74, 6) is 0.816. The zero-order valence-corrected chi connectivity index (χ0v) is 17.1. The van der Waals surface area contributed by atoms with Crippen LogP contribution in [0.4, 0.5) is 11.6 Å². The van der Waals surface area contributed by atoms with Crippen LogP contribution < -0.4 is 10.2 Å².